The molecule has 6 nitrogen and oxygen atoms in total. The minimum atomic E-state index is 0.0974. The second kappa shape index (κ2) is 8.30. The van der Waals surface area contributed by atoms with Crippen LogP contribution in [0.2, 0.25) is 0 Å². The van der Waals surface area contributed by atoms with Crippen LogP contribution in [0, 0.1) is 12.8 Å². The summed E-state index contributed by atoms with van der Waals surface area (Å²) in [5.74, 6) is 1.31. The van der Waals surface area contributed by atoms with E-state index in [1.165, 1.54) is 5.56 Å². The van der Waals surface area contributed by atoms with Crippen LogP contribution < -0.4 is 5.32 Å². The molecule has 0 bridgehead atoms. The second-order valence-electron chi connectivity index (χ2n) is 8.17. The summed E-state index contributed by atoms with van der Waals surface area (Å²) < 4.78 is 7.55. The highest BCUT2D eigenvalue weighted by Gasteiger charge is 2.29. The van der Waals surface area contributed by atoms with Gasteiger partial charge >= 0.3 is 0 Å². The Hall–Kier alpha value is -2.08. The number of hydrogen-bond donors (Lipinski definition) is 1. The number of carbonyl (C=O) groups excluding carboxylic acids is 1. The number of nitrogens with zero attached hydrogens (tertiary/aromatic N) is 3. The van der Waals surface area contributed by atoms with E-state index >= 15 is 0 Å². The molecular weight excluding hydrogens is 340 g/mol. The molecule has 2 fully saturated rings. The van der Waals surface area contributed by atoms with Crippen LogP contribution in [0.4, 0.5) is 0 Å². The molecule has 1 amide bonds. The summed E-state index contributed by atoms with van der Waals surface area (Å²) in [7, 11) is 0. The highest BCUT2D eigenvalue weighted by molar-refractivity contribution is 5.79. The zero-order valence-corrected chi connectivity index (χ0v) is 16.1. The Labute approximate surface area is 160 Å². The topological polar surface area (TPSA) is 63.3 Å². The molecule has 146 valence electrons. The van der Waals surface area contributed by atoms with Crippen LogP contribution in [0.1, 0.15) is 55.9 Å². The lowest BCUT2D eigenvalue weighted by molar-refractivity contribution is -0.127. The molecule has 1 saturated carbocycles. The molecule has 1 N–H and O–H groups in total. The molecule has 3 heterocycles. The molecule has 0 aromatic carbocycles. The zero-order chi connectivity index (χ0) is 18.6. The van der Waals surface area contributed by atoms with Gasteiger partial charge in [-0.3, -0.25) is 14.4 Å². The first-order valence-electron chi connectivity index (χ1n) is 10.2. The van der Waals surface area contributed by atoms with Crippen LogP contribution in [0.5, 0.6) is 0 Å². The Kier molecular flexibility index (Phi) is 5.62. The predicted octanol–water partition coefficient (Wildman–Crippen LogP) is 3.30. The molecule has 2 aromatic rings. The average Bonchev–Trinajstić information content (AvgIpc) is 3.34. The van der Waals surface area contributed by atoms with E-state index in [1.807, 2.05) is 18.3 Å². The lowest BCUT2D eigenvalue weighted by Gasteiger charge is -2.34. The maximum absolute atomic E-state index is 12.8. The highest BCUT2D eigenvalue weighted by atomic mass is 16.3. The van der Waals surface area contributed by atoms with Crippen molar-refractivity contribution in [3.63, 3.8) is 0 Å². The fourth-order valence-electron chi connectivity index (χ4n) is 4.47. The molecule has 4 rings (SSSR count). The Bertz CT molecular complexity index is 731. The minimum Gasteiger partial charge on any atom is -0.468 e. The number of carbonyl (C=O) groups is 1. The zero-order valence-electron chi connectivity index (χ0n) is 16.1. The number of amides is 1. The van der Waals surface area contributed by atoms with Gasteiger partial charge in [-0.1, -0.05) is 0 Å². The van der Waals surface area contributed by atoms with Crippen molar-refractivity contribution in [3.8, 4) is 0 Å². The number of nitrogens with one attached hydrogen (secondary N) is 1. The molecule has 1 atom stereocenters. The molecule has 6 heteroatoms. The van der Waals surface area contributed by atoms with Gasteiger partial charge in [0.15, 0.2) is 0 Å². The van der Waals surface area contributed by atoms with Crippen molar-refractivity contribution in [1.29, 1.82) is 0 Å². The van der Waals surface area contributed by atoms with Crippen molar-refractivity contribution < 1.29 is 9.21 Å². The van der Waals surface area contributed by atoms with Crippen molar-refractivity contribution in [3.05, 3.63) is 42.1 Å². The van der Waals surface area contributed by atoms with Crippen LogP contribution in [0.3, 0.4) is 0 Å². The molecule has 27 heavy (non-hydrogen) atoms. The number of aryl methyl sites for hydroxylation is 1. The second-order valence-corrected chi connectivity index (χ2v) is 8.17. The molecule has 2 aliphatic rings. The minimum absolute atomic E-state index is 0.0974. The van der Waals surface area contributed by atoms with Crippen LogP contribution in [0.25, 0.3) is 0 Å². The largest absolute Gasteiger partial charge is 0.468 e. The number of likely N-dealkylation sites (tertiary alicyclic amines) is 1. The number of piperidine rings is 1. The summed E-state index contributed by atoms with van der Waals surface area (Å²) in [6.07, 6.45) is 12.1. The molecule has 2 aromatic heterocycles. The Morgan fingerprint density at radius 2 is 2.15 bits per heavy atom. The van der Waals surface area contributed by atoms with Crippen molar-refractivity contribution >= 4 is 5.91 Å². The lowest BCUT2D eigenvalue weighted by atomic mass is 9.90. The standard InChI is InChI=1S/C21H30N4O2/c1-16-12-22-25(13-16)19-8-6-18(7-9-19)23-21(26)17-4-2-10-24(14-17)15-20-5-3-11-27-20/h3,5,11-13,17-19H,2,4,6-10,14-15H2,1H3,(H,23,26). The van der Waals surface area contributed by atoms with E-state index in [0.717, 1.165) is 63.9 Å². The molecule has 0 spiro atoms. The monoisotopic (exact) mass is 370 g/mol. The summed E-state index contributed by atoms with van der Waals surface area (Å²) in [5, 5.41) is 7.78. The first-order valence-corrected chi connectivity index (χ1v) is 10.2. The predicted molar refractivity (Wildman–Crippen MR) is 103 cm³/mol. The van der Waals surface area contributed by atoms with E-state index in [1.54, 1.807) is 6.26 Å². The number of aromatic nitrogens is 2. The Balaban J connectivity index is 1.24. The van der Waals surface area contributed by atoms with Gasteiger partial charge in [-0.15, -0.1) is 0 Å². The summed E-state index contributed by atoms with van der Waals surface area (Å²) >= 11 is 0. The van der Waals surface area contributed by atoms with Crippen molar-refractivity contribution in [2.24, 2.45) is 5.92 Å². The van der Waals surface area contributed by atoms with E-state index in [-0.39, 0.29) is 11.8 Å². The van der Waals surface area contributed by atoms with E-state index in [9.17, 15) is 4.79 Å². The number of hydrogen-bond acceptors (Lipinski definition) is 4. The summed E-state index contributed by atoms with van der Waals surface area (Å²) in [6, 6.07) is 4.71. The van der Waals surface area contributed by atoms with Crippen LogP contribution in [-0.2, 0) is 11.3 Å². The van der Waals surface area contributed by atoms with Gasteiger partial charge in [0.25, 0.3) is 0 Å². The van der Waals surface area contributed by atoms with Crippen molar-refractivity contribution in [2.75, 3.05) is 13.1 Å². The molecule has 1 aliphatic heterocycles. The van der Waals surface area contributed by atoms with E-state index in [0.29, 0.717) is 12.1 Å². The molecule has 1 unspecified atom stereocenters. The highest BCUT2D eigenvalue weighted by Crippen LogP contribution is 2.29. The smallest absolute Gasteiger partial charge is 0.224 e. The van der Waals surface area contributed by atoms with E-state index in [2.05, 4.69) is 33.1 Å². The van der Waals surface area contributed by atoms with Crippen molar-refractivity contribution in [1.82, 2.24) is 20.0 Å². The maximum Gasteiger partial charge on any atom is 0.224 e. The quantitative estimate of drug-likeness (QED) is 0.877. The first kappa shape index (κ1) is 18.3. The van der Waals surface area contributed by atoms with Gasteiger partial charge in [-0.05, 0) is 69.7 Å². The third-order valence-corrected chi connectivity index (χ3v) is 5.98. The summed E-state index contributed by atoms with van der Waals surface area (Å²) in [6.45, 7) is 4.74. The Morgan fingerprint density at radius 3 is 2.85 bits per heavy atom. The van der Waals surface area contributed by atoms with Gasteiger partial charge in [0.05, 0.1) is 31.0 Å². The fraction of sp³-hybridized carbons (Fsp3) is 0.619. The molecule has 1 saturated heterocycles. The fourth-order valence-corrected chi connectivity index (χ4v) is 4.47. The Morgan fingerprint density at radius 1 is 1.30 bits per heavy atom. The SMILES string of the molecule is Cc1cnn(C2CCC(NC(=O)C3CCCN(Cc4ccco4)C3)CC2)c1. The summed E-state index contributed by atoms with van der Waals surface area (Å²) in [4.78, 5) is 15.1. The lowest BCUT2D eigenvalue weighted by Crippen LogP contribution is -2.46. The van der Waals surface area contributed by atoms with Gasteiger partial charge in [-0.2, -0.15) is 5.10 Å². The number of furan rings is 1. The average molecular weight is 370 g/mol. The molecular formula is C21H30N4O2. The van der Waals surface area contributed by atoms with E-state index < -0.39 is 0 Å². The van der Waals surface area contributed by atoms with Crippen LogP contribution in [-0.4, -0.2) is 39.7 Å². The number of rotatable bonds is 5. The van der Waals surface area contributed by atoms with Gasteiger partial charge in [0.2, 0.25) is 5.91 Å². The first-order chi connectivity index (χ1) is 13.2. The van der Waals surface area contributed by atoms with Gasteiger partial charge < -0.3 is 9.73 Å². The normalized spacial score (nSPS) is 26.8. The van der Waals surface area contributed by atoms with Gasteiger partial charge in [-0.25, -0.2) is 0 Å². The van der Waals surface area contributed by atoms with Gasteiger partial charge in [0, 0.05) is 18.8 Å². The van der Waals surface area contributed by atoms with Crippen LogP contribution in [0.15, 0.2) is 35.2 Å². The third-order valence-electron chi connectivity index (χ3n) is 5.98. The van der Waals surface area contributed by atoms with Crippen LogP contribution >= 0.6 is 0 Å². The molecule has 0 radical (unpaired) electrons. The van der Waals surface area contributed by atoms with Gasteiger partial charge in [0.1, 0.15) is 5.76 Å². The summed E-state index contributed by atoms with van der Waals surface area (Å²) in [5.41, 5.74) is 1.21. The maximum atomic E-state index is 12.8. The van der Waals surface area contributed by atoms with Crippen molar-refractivity contribution in [2.45, 2.75) is 64.1 Å². The van der Waals surface area contributed by atoms with E-state index in [4.69, 9.17) is 4.42 Å². The molecule has 1 aliphatic carbocycles. The third kappa shape index (κ3) is 4.61.